The molecule has 1 amide bonds. The molecule has 0 fully saturated rings. The average molecular weight is 367 g/mol. The molecule has 0 aromatic heterocycles. The van der Waals surface area contributed by atoms with Crippen LogP contribution in [0.5, 0.6) is 0 Å². The zero-order valence-electron chi connectivity index (χ0n) is 10.2. The molecule has 0 aliphatic rings. The minimum atomic E-state index is -0.382. The van der Waals surface area contributed by atoms with Crippen LogP contribution >= 0.6 is 22.6 Å². The third kappa shape index (κ3) is 3.78. The van der Waals surface area contributed by atoms with Crippen LogP contribution in [0.15, 0.2) is 54.6 Å². The zero-order chi connectivity index (χ0) is 13.7. The van der Waals surface area contributed by atoms with Gasteiger partial charge in [0.1, 0.15) is 0 Å². The number of carbonyl (C=O) groups excluding carboxylic acids is 1. The van der Waals surface area contributed by atoms with Crippen LogP contribution in [0.1, 0.15) is 22.0 Å². The SMILES string of the molecule is O=C(NC(CO)c1ccccc1)c1ccc(I)cc1. The van der Waals surface area contributed by atoms with Crippen molar-refractivity contribution in [3.63, 3.8) is 0 Å². The van der Waals surface area contributed by atoms with E-state index in [1.807, 2.05) is 42.5 Å². The second kappa shape index (κ2) is 6.68. The van der Waals surface area contributed by atoms with E-state index in [0.29, 0.717) is 5.56 Å². The van der Waals surface area contributed by atoms with Gasteiger partial charge >= 0.3 is 0 Å². The van der Waals surface area contributed by atoms with Crippen molar-refractivity contribution in [3.8, 4) is 0 Å². The molecule has 2 rings (SSSR count). The Morgan fingerprint density at radius 2 is 1.74 bits per heavy atom. The monoisotopic (exact) mass is 367 g/mol. The van der Waals surface area contributed by atoms with Gasteiger partial charge in [0.25, 0.3) is 5.91 Å². The van der Waals surface area contributed by atoms with Gasteiger partial charge in [-0.25, -0.2) is 0 Å². The van der Waals surface area contributed by atoms with Crippen LogP contribution in [0.3, 0.4) is 0 Å². The molecular weight excluding hydrogens is 353 g/mol. The van der Waals surface area contributed by atoms with Gasteiger partial charge in [-0.05, 0) is 52.4 Å². The van der Waals surface area contributed by atoms with Crippen LogP contribution in [-0.2, 0) is 0 Å². The second-order valence-corrected chi connectivity index (χ2v) is 5.37. The zero-order valence-corrected chi connectivity index (χ0v) is 12.4. The minimum Gasteiger partial charge on any atom is -0.394 e. The summed E-state index contributed by atoms with van der Waals surface area (Å²) in [5.74, 6) is -0.181. The van der Waals surface area contributed by atoms with Gasteiger partial charge in [0.15, 0.2) is 0 Å². The number of nitrogens with one attached hydrogen (secondary N) is 1. The molecule has 2 N–H and O–H groups in total. The molecule has 0 aliphatic heterocycles. The van der Waals surface area contributed by atoms with Crippen LogP contribution in [0.2, 0.25) is 0 Å². The van der Waals surface area contributed by atoms with E-state index >= 15 is 0 Å². The second-order valence-electron chi connectivity index (χ2n) is 4.13. The van der Waals surface area contributed by atoms with E-state index < -0.39 is 0 Å². The van der Waals surface area contributed by atoms with Crippen LogP contribution < -0.4 is 5.32 Å². The summed E-state index contributed by atoms with van der Waals surface area (Å²) in [7, 11) is 0. The van der Waals surface area contributed by atoms with Crippen LogP contribution in [0.4, 0.5) is 0 Å². The minimum absolute atomic E-state index is 0.125. The Morgan fingerprint density at radius 1 is 1.11 bits per heavy atom. The van der Waals surface area contributed by atoms with Crippen molar-refractivity contribution < 1.29 is 9.90 Å². The summed E-state index contributed by atoms with van der Waals surface area (Å²) in [6.45, 7) is -0.125. The fourth-order valence-corrected chi connectivity index (χ4v) is 2.12. The van der Waals surface area contributed by atoms with Crippen LogP contribution in [0, 0.1) is 3.57 Å². The molecule has 0 aliphatic carbocycles. The number of aliphatic hydroxyl groups excluding tert-OH is 1. The smallest absolute Gasteiger partial charge is 0.251 e. The molecule has 0 saturated heterocycles. The van der Waals surface area contributed by atoms with Crippen molar-refractivity contribution in [3.05, 3.63) is 69.3 Å². The maximum absolute atomic E-state index is 12.1. The molecule has 1 atom stereocenters. The molecule has 0 saturated carbocycles. The first-order chi connectivity index (χ1) is 9.20. The fraction of sp³-hybridized carbons (Fsp3) is 0.133. The number of carbonyl (C=O) groups is 1. The molecule has 0 bridgehead atoms. The largest absolute Gasteiger partial charge is 0.394 e. The van der Waals surface area contributed by atoms with Crippen molar-refractivity contribution in [2.45, 2.75) is 6.04 Å². The van der Waals surface area contributed by atoms with Crippen LogP contribution in [0.25, 0.3) is 0 Å². The molecule has 0 radical (unpaired) electrons. The highest BCUT2D eigenvalue weighted by molar-refractivity contribution is 14.1. The molecule has 4 heteroatoms. The lowest BCUT2D eigenvalue weighted by molar-refractivity contribution is 0.0916. The van der Waals surface area contributed by atoms with E-state index in [-0.39, 0.29) is 18.6 Å². The predicted octanol–water partition coefficient (Wildman–Crippen LogP) is 2.75. The molecule has 0 spiro atoms. The molecule has 19 heavy (non-hydrogen) atoms. The number of amides is 1. The highest BCUT2D eigenvalue weighted by Crippen LogP contribution is 2.13. The first kappa shape index (κ1) is 14.0. The van der Waals surface area contributed by atoms with Gasteiger partial charge < -0.3 is 10.4 Å². The maximum atomic E-state index is 12.1. The normalized spacial score (nSPS) is 11.9. The topological polar surface area (TPSA) is 49.3 Å². The molecule has 1 unspecified atom stereocenters. The Morgan fingerprint density at radius 3 is 2.32 bits per heavy atom. The summed E-state index contributed by atoms with van der Waals surface area (Å²) >= 11 is 2.19. The van der Waals surface area contributed by atoms with Gasteiger partial charge in [-0.2, -0.15) is 0 Å². The number of hydrogen-bond acceptors (Lipinski definition) is 2. The Kier molecular flexibility index (Phi) is 4.93. The Hall–Kier alpha value is -1.40. The lowest BCUT2D eigenvalue weighted by Crippen LogP contribution is -2.30. The highest BCUT2D eigenvalue weighted by atomic mass is 127. The van der Waals surface area contributed by atoms with Crippen molar-refractivity contribution in [1.82, 2.24) is 5.32 Å². The Labute approximate surface area is 125 Å². The molecule has 98 valence electrons. The Balaban J connectivity index is 2.10. The molecular formula is C15H14INO2. The summed E-state index contributed by atoms with van der Waals surface area (Å²) in [4.78, 5) is 12.1. The molecule has 2 aromatic carbocycles. The van der Waals surface area contributed by atoms with E-state index in [4.69, 9.17) is 0 Å². The maximum Gasteiger partial charge on any atom is 0.251 e. The van der Waals surface area contributed by atoms with Crippen LogP contribution in [-0.4, -0.2) is 17.6 Å². The standard InChI is InChI=1S/C15H14INO2/c16-13-8-6-12(7-9-13)15(19)17-14(10-18)11-4-2-1-3-5-11/h1-9,14,18H,10H2,(H,17,19). The first-order valence-electron chi connectivity index (χ1n) is 5.93. The van der Waals surface area contributed by atoms with E-state index in [1.54, 1.807) is 12.1 Å². The van der Waals surface area contributed by atoms with E-state index in [0.717, 1.165) is 9.13 Å². The third-order valence-electron chi connectivity index (χ3n) is 2.80. The molecule has 3 nitrogen and oxygen atoms in total. The lowest BCUT2D eigenvalue weighted by atomic mass is 10.1. The molecule has 0 heterocycles. The third-order valence-corrected chi connectivity index (χ3v) is 3.52. The van der Waals surface area contributed by atoms with Gasteiger partial charge in [-0.3, -0.25) is 4.79 Å². The predicted molar refractivity (Wildman–Crippen MR) is 82.9 cm³/mol. The van der Waals surface area contributed by atoms with Gasteiger partial charge in [0, 0.05) is 9.13 Å². The number of hydrogen-bond donors (Lipinski definition) is 2. The summed E-state index contributed by atoms with van der Waals surface area (Å²) in [5.41, 5.74) is 1.48. The fourth-order valence-electron chi connectivity index (χ4n) is 1.76. The Bertz CT molecular complexity index is 540. The lowest BCUT2D eigenvalue weighted by Gasteiger charge is -2.16. The van der Waals surface area contributed by atoms with Gasteiger partial charge in [-0.1, -0.05) is 30.3 Å². The average Bonchev–Trinajstić information content (AvgIpc) is 2.46. The van der Waals surface area contributed by atoms with Gasteiger partial charge in [-0.15, -0.1) is 0 Å². The summed E-state index contributed by atoms with van der Waals surface area (Å²) in [6.07, 6.45) is 0. The summed E-state index contributed by atoms with van der Waals surface area (Å²) in [6, 6.07) is 16.4. The number of aliphatic hydroxyl groups is 1. The number of halogens is 1. The van der Waals surface area contributed by atoms with Gasteiger partial charge in [0.2, 0.25) is 0 Å². The number of benzene rings is 2. The van der Waals surface area contributed by atoms with Crippen molar-refractivity contribution >= 4 is 28.5 Å². The van der Waals surface area contributed by atoms with Crippen molar-refractivity contribution in [2.75, 3.05) is 6.61 Å². The van der Waals surface area contributed by atoms with E-state index in [2.05, 4.69) is 27.9 Å². The molecule has 2 aromatic rings. The van der Waals surface area contributed by atoms with Crippen molar-refractivity contribution in [2.24, 2.45) is 0 Å². The first-order valence-corrected chi connectivity index (χ1v) is 7.01. The van der Waals surface area contributed by atoms with E-state index in [9.17, 15) is 9.90 Å². The van der Waals surface area contributed by atoms with E-state index in [1.165, 1.54) is 0 Å². The van der Waals surface area contributed by atoms with Gasteiger partial charge in [0.05, 0.1) is 12.6 Å². The van der Waals surface area contributed by atoms with Crippen molar-refractivity contribution in [1.29, 1.82) is 0 Å². The summed E-state index contributed by atoms with van der Waals surface area (Å²) < 4.78 is 1.08. The highest BCUT2D eigenvalue weighted by Gasteiger charge is 2.14. The summed E-state index contributed by atoms with van der Waals surface area (Å²) in [5, 5.41) is 12.2. The number of rotatable bonds is 4. The quantitative estimate of drug-likeness (QED) is 0.817.